The van der Waals surface area contributed by atoms with Gasteiger partial charge in [-0.25, -0.2) is 9.18 Å². The number of esters is 1. The van der Waals surface area contributed by atoms with E-state index in [0.717, 1.165) is 11.3 Å². The zero-order valence-corrected chi connectivity index (χ0v) is 13.8. The van der Waals surface area contributed by atoms with Gasteiger partial charge < -0.3 is 15.0 Å². The van der Waals surface area contributed by atoms with E-state index in [-0.39, 0.29) is 0 Å². The molecule has 2 aromatic carbocycles. The third kappa shape index (κ3) is 4.55. The standard InChI is InChI=1S/C18H19FN2O3/c1-12-7-8-14(19)10-16(12)20-17(22)11-24-18(23)13-5-4-6-15(9-13)21(2)3/h4-10H,11H2,1-3H3,(H,20,22). The molecule has 0 atom stereocenters. The van der Waals surface area contributed by atoms with Gasteiger partial charge in [0.05, 0.1) is 5.56 Å². The van der Waals surface area contributed by atoms with Gasteiger partial charge in [-0.1, -0.05) is 12.1 Å². The second-order valence-electron chi connectivity index (χ2n) is 5.53. The summed E-state index contributed by atoms with van der Waals surface area (Å²) in [6.07, 6.45) is 0. The van der Waals surface area contributed by atoms with E-state index in [9.17, 15) is 14.0 Å². The molecule has 0 aliphatic carbocycles. The number of hydrogen-bond donors (Lipinski definition) is 1. The van der Waals surface area contributed by atoms with Crippen molar-refractivity contribution in [3.8, 4) is 0 Å². The first-order valence-electron chi connectivity index (χ1n) is 7.37. The van der Waals surface area contributed by atoms with Crippen LogP contribution in [0.3, 0.4) is 0 Å². The molecule has 0 bridgehead atoms. The van der Waals surface area contributed by atoms with Crippen LogP contribution in [-0.2, 0) is 9.53 Å². The minimum absolute atomic E-state index is 0.352. The highest BCUT2D eigenvalue weighted by molar-refractivity contribution is 5.96. The Bertz CT molecular complexity index is 760. The fourth-order valence-corrected chi connectivity index (χ4v) is 2.04. The fourth-order valence-electron chi connectivity index (χ4n) is 2.04. The molecule has 0 spiro atoms. The Balaban J connectivity index is 1.95. The number of halogens is 1. The lowest BCUT2D eigenvalue weighted by Gasteiger charge is -2.13. The average molecular weight is 330 g/mol. The van der Waals surface area contributed by atoms with E-state index in [2.05, 4.69) is 5.32 Å². The second kappa shape index (κ2) is 7.59. The van der Waals surface area contributed by atoms with Gasteiger partial charge in [0.2, 0.25) is 0 Å². The number of carbonyl (C=O) groups is 2. The highest BCUT2D eigenvalue weighted by Crippen LogP contribution is 2.16. The van der Waals surface area contributed by atoms with E-state index in [0.29, 0.717) is 11.3 Å². The largest absolute Gasteiger partial charge is 0.452 e. The molecule has 1 N–H and O–H groups in total. The Kier molecular flexibility index (Phi) is 5.52. The van der Waals surface area contributed by atoms with Crippen LogP contribution in [-0.4, -0.2) is 32.6 Å². The summed E-state index contributed by atoms with van der Waals surface area (Å²) < 4.78 is 18.2. The summed E-state index contributed by atoms with van der Waals surface area (Å²) >= 11 is 0. The molecule has 24 heavy (non-hydrogen) atoms. The molecule has 2 rings (SSSR count). The van der Waals surface area contributed by atoms with Gasteiger partial charge in [0.15, 0.2) is 6.61 Å². The van der Waals surface area contributed by atoms with Crippen molar-refractivity contribution in [3.63, 3.8) is 0 Å². The number of ether oxygens (including phenoxy) is 1. The summed E-state index contributed by atoms with van der Waals surface area (Å²) in [5, 5.41) is 2.52. The average Bonchev–Trinajstić information content (AvgIpc) is 2.56. The normalized spacial score (nSPS) is 10.2. The molecule has 2 aromatic rings. The Hall–Kier alpha value is -2.89. The van der Waals surface area contributed by atoms with Crippen molar-refractivity contribution in [3.05, 3.63) is 59.4 Å². The van der Waals surface area contributed by atoms with Crippen molar-refractivity contribution in [2.45, 2.75) is 6.92 Å². The molecule has 1 amide bonds. The second-order valence-corrected chi connectivity index (χ2v) is 5.53. The predicted molar refractivity (Wildman–Crippen MR) is 90.8 cm³/mol. The molecular weight excluding hydrogens is 311 g/mol. The van der Waals surface area contributed by atoms with Crippen molar-refractivity contribution < 1.29 is 18.7 Å². The lowest BCUT2D eigenvalue weighted by Crippen LogP contribution is -2.21. The Labute approximate surface area is 140 Å². The number of carbonyl (C=O) groups excluding carboxylic acids is 2. The summed E-state index contributed by atoms with van der Waals surface area (Å²) in [7, 11) is 3.72. The number of anilines is 2. The zero-order chi connectivity index (χ0) is 17.7. The smallest absolute Gasteiger partial charge is 0.338 e. The van der Waals surface area contributed by atoms with E-state index < -0.39 is 24.3 Å². The fraction of sp³-hybridized carbons (Fsp3) is 0.222. The van der Waals surface area contributed by atoms with Crippen LogP contribution in [0.4, 0.5) is 15.8 Å². The molecule has 126 valence electrons. The van der Waals surface area contributed by atoms with Gasteiger partial charge in [-0.15, -0.1) is 0 Å². The molecule has 5 nitrogen and oxygen atoms in total. The van der Waals surface area contributed by atoms with Crippen LogP contribution in [0.2, 0.25) is 0 Å². The number of rotatable bonds is 5. The number of hydrogen-bond acceptors (Lipinski definition) is 4. The van der Waals surface area contributed by atoms with E-state index in [1.165, 1.54) is 12.1 Å². The Morgan fingerprint density at radius 1 is 1.17 bits per heavy atom. The molecule has 0 aliphatic heterocycles. The number of aryl methyl sites for hydroxylation is 1. The molecule has 0 saturated carbocycles. The third-order valence-corrected chi connectivity index (χ3v) is 3.41. The first kappa shape index (κ1) is 17.5. The molecule has 0 radical (unpaired) electrons. The Morgan fingerprint density at radius 2 is 1.92 bits per heavy atom. The van der Waals surface area contributed by atoms with Gasteiger partial charge in [0.25, 0.3) is 5.91 Å². The quantitative estimate of drug-likeness (QED) is 0.856. The lowest BCUT2D eigenvalue weighted by atomic mass is 10.2. The summed E-state index contributed by atoms with van der Waals surface area (Å²) in [5.74, 6) is -1.57. The van der Waals surface area contributed by atoms with Crippen molar-refractivity contribution in [2.24, 2.45) is 0 Å². The van der Waals surface area contributed by atoms with Crippen molar-refractivity contribution in [1.82, 2.24) is 0 Å². The van der Waals surface area contributed by atoms with Crippen molar-refractivity contribution in [1.29, 1.82) is 0 Å². The number of nitrogens with zero attached hydrogens (tertiary/aromatic N) is 1. The van der Waals surface area contributed by atoms with Crippen LogP contribution < -0.4 is 10.2 Å². The third-order valence-electron chi connectivity index (χ3n) is 3.41. The summed E-state index contributed by atoms with van der Waals surface area (Å²) in [5.41, 5.74) is 2.28. The summed E-state index contributed by atoms with van der Waals surface area (Å²) in [6, 6.07) is 11.0. The van der Waals surface area contributed by atoms with E-state index >= 15 is 0 Å². The van der Waals surface area contributed by atoms with Gasteiger partial charge in [0, 0.05) is 25.5 Å². The van der Waals surface area contributed by atoms with Crippen LogP contribution in [0.15, 0.2) is 42.5 Å². The predicted octanol–water partition coefficient (Wildman–Crippen LogP) is 3.00. The molecule has 6 heteroatoms. The van der Waals surface area contributed by atoms with Crippen LogP contribution >= 0.6 is 0 Å². The molecule has 0 saturated heterocycles. The van der Waals surface area contributed by atoms with Crippen LogP contribution in [0.1, 0.15) is 15.9 Å². The molecule has 0 heterocycles. The van der Waals surface area contributed by atoms with Crippen LogP contribution in [0.5, 0.6) is 0 Å². The van der Waals surface area contributed by atoms with Gasteiger partial charge in [-0.05, 0) is 42.8 Å². The van der Waals surface area contributed by atoms with E-state index in [4.69, 9.17) is 4.74 Å². The highest BCUT2D eigenvalue weighted by Gasteiger charge is 2.12. The molecule has 0 aromatic heterocycles. The number of nitrogens with one attached hydrogen (secondary N) is 1. The van der Waals surface area contributed by atoms with Gasteiger partial charge in [-0.3, -0.25) is 4.79 Å². The maximum absolute atomic E-state index is 13.2. The Morgan fingerprint density at radius 3 is 2.62 bits per heavy atom. The molecule has 0 unspecified atom stereocenters. The molecular formula is C18H19FN2O3. The van der Waals surface area contributed by atoms with Gasteiger partial charge >= 0.3 is 5.97 Å². The first-order chi connectivity index (χ1) is 11.4. The van der Waals surface area contributed by atoms with Crippen LogP contribution in [0.25, 0.3) is 0 Å². The minimum Gasteiger partial charge on any atom is -0.452 e. The number of amides is 1. The molecule has 0 aliphatic rings. The summed E-state index contributed by atoms with van der Waals surface area (Å²) in [4.78, 5) is 25.7. The van der Waals surface area contributed by atoms with E-state index in [1.807, 2.05) is 25.1 Å². The number of benzene rings is 2. The monoisotopic (exact) mass is 330 g/mol. The highest BCUT2D eigenvalue weighted by atomic mass is 19.1. The maximum atomic E-state index is 13.2. The van der Waals surface area contributed by atoms with Crippen molar-refractivity contribution in [2.75, 3.05) is 30.9 Å². The topological polar surface area (TPSA) is 58.6 Å². The van der Waals surface area contributed by atoms with Crippen molar-refractivity contribution >= 4 is 23.3 Å². The molecule has 0 fully saturated rings. The zero-order valence-electron chi connectivity index (χ0n) is 13.8. The van der Waals surface area contributed by atoms with Gasteiger partial charge in [-0.2, -0.15) is 0 Å². The lowest BCUT2D eigenvalue weighted by molar-refractivity contribution is -0.119. The van der Waals surface area contributed by atoms with Gasteiger partial charge in [0.1, 0.15) is 5.82 Å². The van der Waals surface area contributed by atoms with E-state index in [1.54, 1.807) is 31.2 Å². The maximum Gasteiger partial charge on any atom is 0.338 e. The minimum atomic E-state index is -0.593. The first-order valence-corrected chi connectivity index (χ1v) is 7.37. The van der Waals surface area contributed by atoms with Crippen LogP contribution in [0, 0.1) is 12.7 Å². The summed E-state index contributed by atoms with van der Waals surface area (Å²) in [6.45, 7) is 1.30. The SMILES string of the molecule is Cc1ccc(F)cc1NC(=O)COC(=O)c1cccc(N(C)C)c1.